The minimum atomic E-state index is 0.443. The van der Waals surface area contributed by atoms with E-state index < -0.39 is 0 Å². The number of rotatable bonds is 7. The minimum absolute atomic E-state index is 0.443. The number of hydrogen-bond acceptors (Lipinski definition) is 4. The average molecular weight is 296 g/mol. The van der Waals surface area contributed by atoms with E-state index in [2.05, 4.69) is 24.0 Å². The molecule has 0 fully saturated rings. The molecule has 2 rings (SSSR count). The molecular weight excluding hydrogens is 276 g/mol. The number of hydrogen-bond donors (Lipinski definition) is 1. The van der Waals surface area contributed by atoms with Crippen molar-refractivity contribution < 1.29 is 9.47 Å². The number of nitrogens with one attached hydrogen (secondary N) is 1. The number of methoxy groups -OCH3 is 1. The van der Waals surface area contributed by atoms with E-state index in [1.165, 1.54) is 5.56 Å². The summed E-state index contributed by atoms with van der Waals surface area (Å²) >= 11 is 0. The summed E-state index contributed by atoms with van der Waals surface area (Å²) in [6.45, 7) is 6.12. The molecule has 0 spiro atoms. The average Bonchev–Trinajstić information content (AvgIpc) is 2.55. The van der Waals surface area contributed by atoms with Crippen LogP contribution in [0.5, 0.6) is 11.5 Å². The Kier molecular flexibility index (Phi) is 5.60. The van der Waals surface area contributed by atoms with E-state index in [1.54, 1.807) is 19.4 Å². The van der Waals surface area contributed by atoms with Crippen molar-refractivity contribution in [2.75, 3.05) is 19.1 Å². The topological polar surface area (TPSA) is 42.8 Å². The summed E-state index contributed by atoms with van der Waals surface area (Å²) < 4.78 is 10.8. The Bertz CT molecular complexity index is 649. The lowest BCUT2D eigenvalue weighted by Crippen LogP contribution is -1.97. The summed E-state index contributed by atoms with van der Waals surface area (Å²) in [5.74, 6) is 1.35. The van der Waals surface area contributed by atoms with Crippen molar-refractivity contribution in [1.29, 1.82) is 0 Å². The highest BCUT2D eigenvalue weighted by Crippen LogP contribution is 2.27. The highest BCUT2D eigenvalue weighted by atomic mass is 16.5. The van der Waals surface area contributed by atoms with Gasteiger partial charge in [0.05, 0.1) is 19.0 Å². The van der Waals surface area contributed by atoms with Crippen molar-refractivity contribution in [3.63, 3.8) is 0 Å². The van der Waals surface area contributed by atoms with E-state index in [4.69, 9.17) is 9.47 Å². The van der Waals surface area contributed by atoms with E-state index in [0.717, 1.165) is 11.3 Å². The summed E-state index contributed by atoms with van der Waals surface area (Å²) in [5, 5.41) is 4.22. The van der Waals surface area contributed by atoms with Gasteiger partial charge in [-0.15, -0.1) is 0 Å². The molecule has 0 amide bonds. The first-order valence-electron chi connectivity index (χ1n) is 7.00. The maximum Gasteiger partial charge on any atom is 0.161 e. The maximum absolute atomic E-state index is 5.51. The number of ether oxygens (including phenoxy) is 2. The van der Waals surface area contributed by atoms with Crippen LogP contribution in [0.15, 0.2) is 60.2 Å². The Labute approximate surface area is 131 Å². The van der Waals surface area contributed by atoms with Crippen LogP contribution in [0, 0.1) is 6.92 Å². The first-order valence-corrected chi connectivity index (χ1v) is 7.00. The van der Waals surface area contributed by atoms with Gasteiger partial charge in [-0.25, -0.2) is 0 Å². The molecule has 0 radical (unpaired) electrons. The van der Waals surface area contributed by atoms with Crippen LogP contribution in [-0.2, 0) is 0 Å². The lowest BCUT2D eigenvalue weighted by Gasteiger charge is -2.09. The van der Waals surface area contributed by atoms with Gasteiger partial charge in [0.25, 0.3) is 0 Å². The third-order valence-corrected chi connectivity index (χ3v) is 3.00. The lowest BCUT2D eigenvalue weighted by atomic mass is 10.2. The van der Waals surface area contributed by atoms with Crippen molar-refractivity contribution >= 4 is 11.9 Å². The van der Waals surface area contributed by atoms with Gasteiger partial charge < -0.3 is 9.47 Å². The summed E-state index contributed by atoms with van der Waals surface area (Å²) in [4.78, 5) is 0. The van der Waals surface area contributed by atoms with Gasteiger partial charge in [0.15, 0.2) is 11.5 Å². The molecule has 114 valence electrons. The normalized spacial score (nSPS) is 10.5. The third-order valence-electron chi connectivity index (χ3n) is 3.00. The van der Waals surface area contributed by atoms with Gasteiger partial charge in [-0.2, -0.15) is 5.10 Å². The first kappa shape index (κ1) is 15.6. The first-order chi connectivity index (χ1) is 10.7. The fraction of sp³-hybridized carbons (Fsp3) is 0.167. The Hall–Kier alpha value is -2.75. The van der Waals surface area contributed by atoms with Gasteiger partial charge >= 0.3 is 0 Å². The van der Waals surface area contributed by atoms with Crippen molar-refractivity contribution in [2.24, 2.45) is 5.10 Å². The molecule has 0 saturated heterocycles. The summed E-state index contributed by atoms with van der Waals surface area (Å²) in [6.07, 6.45) is 3.43. The molecule has 0 unspecified atom stereocenters. The van der Waals surface area contributed by atoms with Crippen LogP contribution in [0.3, 0.4) is 0 Å². The van der Waals surface area contributed by atoms with Crippen LogP contribution >= 0.6 is 0 Å². The molecule has 4 nitrogen and oxygen atoms in total. The number of anilines is 1. The Morgan fingerprint density at radius 2 is 1.91 bits per heavy atom. The van der Waals surface area contributed by atoms with Gasteiger partial charge in [-0.3, -0.25) is 5.43 Å². The number of aryl methyl sites for hydroxylation is 1. The monoisotopic (exact) mass is 296 g/mol. The van der Waals surface area contributed by atoms with E-state index in [1.807, 2.05) is 42.5 Å². The van der Waals surface area contributed by atoms with Crippen LogP contribution in [0.2, 0.25) is 0 Å². The molecule has 4 heteroatoms. The molecule has 0 aromatic heterocycles. The zero-order valence-electron chi connectivity index (χ0n) is 12.9. The molecule has 0 heterocycles. The second kappa shape index (κ2) is 7.88. The predicted molar refractivity (Wildman–Crippen MR) is 91.1 cm³/mol. The third kappa shape index (κ3) is 4.38. The zero-order chi connectivity index (χ0) is 15.8. The SMILES string of the molecule is C=CCOc1ccc(/C=N\Nc2ccc(C)cc2)cc1OC. The Morgan fingerprint density at radius 1 is 1.14 bits per heavy atom. The zero-order valence-corrected chi connectivity index (χ0v) is 12.9. The second-order valence-corrected chi connectivity index (χ2v) is 4.75. The van der Waals surface area contributed by atoms with Crippen LogP contribution in [0.4, 0.5) is 5.69 Å². The van der Waals surface area contributed by atoms with Crippen molar-refractivity contribution in [2.45, 2.75) is 6.92 Å². The molecule has 22 heavy (non-hydrogen) atoms. The molecule has 0 bridgehead atoms. The molecule has 0 atom stereocenters. The largest absolute Gasteiger partial charge is 0.493 e. The fourth-order valence-electron chi connectivity index (χ4n) is 1.84. The molecule has 2 aromatic rings. The quantitative estimate of drug-likeness (QED) is 0.477. The van der Waals surface area contributed by atoms with Gasteiger partial charge in [-0.1, -0.05) is 30.4 Å². The molecule has 0 aliphatic carbocycles. The maximum atomic E-state index is 5.51. The van der Waals surface area contributed by atoms with E-state index >= 15 is 0 Å². The minimum Gasteiger partial charge on any atom is -0.493 e. The van der Waals surface area contributed by atoms with E-state index in [0.29, 0.717) is 18.1 Å². The molecule has 1 N–H and O–H groups in total. The van der Waals surface area contributed by atoms with Gasteiger partial charge in [0.1, 0.15) is 6.61 Å². The van der Waals surface area contributed by atoms with Gasteiger partial charge in [0, 0.05) is 0 Å². The number of nitrogens with zero attached hydrogens (tertiary/aromatic N) is 1. The lowest BCUT2D eigenvalue weighted by molar-refractivity contribution is 0.326. The van der Waals surface area contributed by atoms with Crippen molar-refractivity contribution in [1.82, 2.24) is 0 Å². The predicted octanol–water partition coefficient (Wildman–Crippen LogP) is 4.01. The highest BCUT2D eigenvalue weighted by Gasteiger charge is 2.04. The van der Waals surface area contributed by atoms with Crippen LogP contribution in [-0.4, -0.2) is 19.9 Å². The summed E-state index contributed by atoms with van der Waals surface area (Å²) in [5.41, 5.74) is 6.07. The van der Waals surface area contributed by atoms with Crippen molar-refractivity contribution in [3.8, 4) is 11.5 Å². The van der Waals surface area contributed by atoms with Gasteiger partial charge in [-0.05, 0) is 42.8 Å². The van der Waals surface area contributed by atoms with Gasteiger partial charge in [0.2, 0.25) is 0 Å². The smallest absolute Gasteiger partial charge is 0.161 e. The second-order valence-electron chi connectivity index (χ2n) is 4.75. The van der Waals surface area contributed by atoms with Crippen molar-refractivity contribution in [3.05, 3.63) is 66.2 Å². The van der Waals surface area contributed by atoms with Crippen LogP contribution in [0.1, 0.15) is 11.1 Å². The Morgan fingerprint density at radius 3 is 2.59 bits per heavy atom. The number of benzene rings is 2. The molecule has 0 aliphatic rings. The van der Waals surface area contributed by atoms with Crippen LogP contribution < -0.4 is 14.9 Å². The fourth-order valence-corrected chi connectivity index (χ4v) is 1.84. The molecule has 0 aliphatic heterocycles. The molecule has 0 saturated carbocycles. The summed E-state index contributed by atoms with van der Waals surface area (Å²) in [6, 6.07) is 13.7. The standard InChI is InChI=1S/C18H20N2O2/c1-4-11-22-17-10-7-15(12-18(17)21-3)13-19-20-16-8-5-14(2)6-9-16/h4-10,12-13,20H,1,11H2,2-3H3/b19-13-. The van der Waals surface area contributed by atoms with E-state index in [-0.39, 0.29) is 0 Å². The van der Waals surface area contributed by atoms with E-state index in [9.17, 15) is 0 Å². The highest BCUT2D eigenvalue weighted by molar-refractivity contribution is 5.81. The van der Waals surface area contributed by atoms with Crippen LogP contribution in [0.25, 0.3) is 0 Å². The number of hydrazone groups is 1. The molecular formula is C18H20N2O2. The molecule has 2 aromatic carbocycles. The Balaban J connectivity index is 2.04. The summed E-state index contributed by atoms with van der Waals surface area (Å²) in [7, 11) is 1.61.